The number of nitrogens with zero attached hydrogens (tertiary/aromatic N) is 2. The number of hydrogen-bond donors (Lipinski definition) is 0. The van der Waals surface area contributed by atoms with E-state index in [1.54, 1.807) is 37.1 Å². The molecule has 0 aromatic heterocycles. The van der Waals surface area contributed by atoms with Crippen molar-refractivity contribution >= 4 is 35.1 Å². The van der Waals surface area contributed by atoms with Gasteiger partial charge in [-0.2, -0.15) is 0 Å². The number of rotatable bonds is 6. The fraction of sp³-hybridized carbons (Fsp3) is 0.464. The number of benzene rings is 2. The molecule has 0 bridgehead atoms. The van der Waals surface area contributed by atoms with Crippen molar-refractivity contribution in [3.05, 3.63) is 58.6 Å². The Labute approximate surface area is 223 Å². The van der Waals surface area contributed by atoms with E-state index in [2.05, 4.69) is 0 Å². The predicted octanol–water partition coefficient (Wildman–Crippen LogP) is 4.63. The maximum atomic E-state index is 13.7. The first-order valence-corrected chi connectivity index (χ1v) is 12.7. The molecule has 0 saturated carbocycles. The van der Waals surface area contributed by atoms with Gasteiger partial charge in [0.1, 0.15) is 24.8 Å². The Kier molecular flexibility index (Phi) is 9.56. The second-order valence-corrected chi connectivity index (χ2v) is 10.5. The number of esters is 1. The van der Waals surface area contributed by atoms with E-state index in [4.69, 9.17) is 25.8 Å². The van der Waals surface area contributed by atoms with Crippen LogP contribution in [0.25, 0.3) is 0 Å². The number of amides is 2. The highest BCUT2D eigenvalue weighted by molar-refractivity contribution is 6.30. The van der Waals surface area contributed by atoms with Crippen LogP contribution in [0.1, 0.15) is 51.3 Å². The molecule has 0 N–H and O–H groups in total. The van der Waals surface area contributed by atoms with Crippen LogP contribution in [-0.4, -0.2) is 62.6 Å². The number of halogens is 1. The normalized spacial score (nSPS) is 17.2. The molecule has 1 atom stereocenters. The summed E-state index contributed by atoms with van der Waals surface area (Å²) in [5.74, 6) is -0.771. The van der Waals surface area contributed by atoms with Crippen LogP contribution in [0, 0.1) is 5.41 Å². The quantitative estimate of drug-likeness (QED) is 0.400. The Balaban J connectivity index is 2.16. The maximum Gasteiger partial charge on any atom is 0.325 e. The van der Waals surface area contributed by atoms with Crippen molar-refractivity contribution in [2.45, 2.75) is 40.2 Å². The zero-order chi connectivity index (χ0) is 27.2. The summed E-state index contributed by atoms with van der Waals surface area (Å²) in [7, 11) is 1.58. The minimum Gasteiger partial charge on any atom is -0.496 e. The maximum absolute atomic E-state index is 13.7. The van der Waals surface area contributed by atoms with Gasteiger partial charge < -0.3 is 24.0 Å². The van der Waals surface area contributed by atoms with Crippen LogP contribution in [0.15, 0.2) is 42.5 Å². The van der Waals surface area contributed by atoms with E-state index >= 15 is 0 Å². The van der Waals surface area contributed by atoms with Crippen LogP contribution in [0.5, 0.6) is 5.75 Å². The lowest BCUT2D eigenvalue weighted by Gasteiger charge is -2.33. The van der Waals surface area contributed by atoms with Gasteiger partial charge in [-0.1, -0.05) is 50.6 Å². The summed E-state index contributed by atoms with van der Waals surface area (Å²) in [6.45, 7) is 8.24. The van der Waals surface area contributed by atoms with Crippen LogP contribution in [0.3, 0.4) is 0 Å². The zero-order valence-electron chi connectivity index (χ0n) is 22.1. The molecule has 0 saturated heterocycles. The second-order valence-electron chi connectivity index (χ2n) is 10.0. The van der Waals surface area contributed by atoms with Crippen LogP contribution in [-0.2, 0) is 23.9 Å². The van der Waals surface area contributed by atoms with E-state index in [0.717, 1.165) is 5.56 Å². The number of carbonyl (C=O) groups is 3. The molecule has 1 unspecified atom stereocenters. The Bertz CT molecular complexity index is 1130. The summed E-state index contributed by atoms with van der Waals surface area (Å²) in [4.78, 5) is 42.0. The van der Waals surface area contributed by atoms with Crippen molar-refractivity contribution in [2.24, 2.45) is 5.41 Å². The van der Waals surface area contributed by atoms with Gasteiger partial charge in [0.05, 0.1) is 20.3 Å². The molecule has 3 rings (SSSR count). The molecule has 200 valence electrons. The summed E-state index contributed by atoms with van der Waals surface area (Å²) in [6.07, 6.45) is -1.05. The summed E-state index contributed by atoms with van der Waals surface area (Å²) in [5, 5.41) is 0.486. The second kappa shape index (κ2) is 12.4. The Morgan fingerprint density at radius 3 is 2.51 bits per heavy atom. The number of hydrogen-bond acceptors (Lipinski definition) is 6. The van der Waals surface area contributed by atoms with E-state index in [9.17, 15) is 14.4 Å². The highest BCUT2D eigenvalue weighted by Gasteiger charge is 2.32. The van der Waals surface area contributed by atoms with Gasteiger partial charge in [0.2, 0.25) is 11.8 Å². The lowest BCUT2D eigenvalue weighted by molar-refractivity contribution is -0.150. The van der Waals surface area contributed by atoms with Crippen LogP contribution in [0.2, 0.25) is 5.02 Å². The molecular weight excluding hydrogens is 496 g/mol. The van der Waals surface area contributed by atoms with Gasteiger partial charge in [-0.25, -0.2) is 0 Å². The van der Waals surface area contributed by atoms with Gasteiger partial charge in [0, 0.05) is 34.9 Å². The minimum absolute atomic E-state index is 0.103. The molecule has 1 aliphatic rings. The average molecular weight is 531 g/mol. The molecule has 0 radical (unpaired) electrons. The van der Waals surface area contributed by atoms with Crippen molar-refractivity contribution in [3.8, 4) is 5.75 Å². The Hall–Kier alpha value is -3.10. The highest BCUT2D eigenvalue weighted by Crippen LogP contribution is 2.40. The minimum atomic E-state index is -0.655. The SMILES string of the molecule is CCOC(=O)CN1CCOC(c2ccccc2OC)c2cc(Cl)ccc2N(CC(C)(C)C)C(=O)CC1=O. The van der Waals surface area contributed by atoms with Gasteiger partial charge in [0.25, 0.3) is 0 Å². The van der Waals surface area contributed by atoms with Gasteiger partial charge >= 0.3 is 5.97 Å². The third kappa shape index (κ3) is 7.46. The third-order valence-corrected chi connectivity index (χ3v) is 6.08. The topological polar surface area (TPSA) is 85.4 Å². The Morgan fingerprint density at radius 1 is 1.11 bits per heavy atom. The molecule has 8 nitrogen and oxygen atoms in total. The van der Waals surface area contributed by atoms with Gasteiger partial charge in [-0.05, 0) is 36.6 Å². The lowest BCUT2D eigenvalue weighted by atomic mass is 9.93. The van der Waals surface area contributed by atoms with E-state index < -0.39 is 24.4 Å². The van der Waals surface area contributed by atoms with E-state index in [1.165, 1.54) is 4.90 Å². The van der Waals surface area contributed by atoms with Crippen molar-refractivity contribution in [1.29, 1.82) is 0 Å². The summed E-state index contributed by atoms with van der Waals surface area (Å²) < 4.78 is 17.1. The fourth-order valence-electron chi connectivity index (χ4n) is 4.27. The van der Waals surface area contributed by atoms with Crippen molar-refractivity contribution in [3.63, 3.8) is 0 Å². The third-order valence-electron chi connectivity index (χ3n) is 5.84. The summed E-state index contributed by atoms with van der Waals surface area (Å²) in [6, 6.07) is 12.8. The van der Waals surface area contributed by atoms with E-state index in [1.807, 2.05) is 45.0 Å². The van der Waals surface area contributed by atoms with Gasteiger partial charge in [-0.15, -0.1) is 0 Å². The average Bonchev–Trinajstić information content (AvgIpc) is 2.85. The van der Waals surface area contributed by atoms with E-state index in [0.29, 0.717) is 28.6 Å². The number of para-hydroxylation sites is 1. The molecule has 1 heterocycles. The number of ether oxygens (including phenoxy) is 3. The van der Waals surface area contributed by atoms with E-state index in [-0.39, 0.29) is 37.6 Å². The summed E-state index contributed by atoms with van der Waals surface area (Å²) >= 11 is 6.45. The number of carbonyl (C=O) groups excluding carboxylic acids is 3. The first-order valence-electron chi connectivity index (χ1n) is 12.3. The molecule has 2 amide bonds. The highest BCUT2D eigenvalue weighted by atomic mass is 35.5. The molecule has 1 aliphatic heterocycles. The molecule has 37 heavy (non-hydrogen) atoms. The first-order chi connectivity index (χ1) is 17.5. The first kappa shape index (κ1) is 28.5. The van der Waals surface area contributed by atoms with Crippen molar-refractivity contribution < 1.29 is 28.6 Å². The molecule has 0 fully saturated rings. The fourth-order valence-corrected chi connectivity index (χ4v) is 4.45. The predicted molar refractivity (Wildman–Crippen MR) is 142 cm³/mol. The van der Waals surface area contributed by atoms with Crippen LogP contribution < -0.4 is 9.64 Å². The molecule has 2 aromatic rings. The standard InChI is InChI=1S/C28H35ClN2O6/c1-6-36-26(34)17-30-13-14-37-27(20-9-7-8-10-23(20)35-5)21-15-19(29)11-12-22(21)31(18-28(2,3)4)25(33)16-24(30)32/h7-12,15,27H,6,13-14,16-18H2,1-5H3. The van der Waals surface area contributed by atoms with Crippen LogP contribution >= 0.6 is 11.6 Å². The smallest absolute Gasteiger partial charge is 0.325 e. The lowest BCUT2D eigenvalue weighted by Crippen LogP contribution is -2.43. The summed E-state index contributed by atoms with van der Waals surface area (Å²) in [5.41, 5.74) is 1.76. The van der Waals surface area contributed by atoms with Gasteiger partial charge in [-0.3, -0.25) is 14.4 Å². The van der Waals surface area contributed by atoms with Gasteiger partial charge in [0.15, 0.2) is 0 Å². The largest absolute Gasteiger partial charge is 0.496 e. The molecule has 0 spiro atoms. The van der Waals surface area contributed by atoms with Crippen molar-refractivity contribution in [2.75, 3.05) is 44.9 Å². The molecule has 2 aromatic carbocycles. The number of methoxy groups -OCH3 is 1. The Morgan fingerprint density at radius 2 is 1.84 bits per heavy atom. The van der Waals surface area contributed by atoms with Crippen molar-refractivity contribution in [1.82, 2.24) is 4.90 Å². The number of fused-ring (bicyclic) bond motifs is 1. The molecule has 0 aliphatic carbocycles. The molecule has 9 heteroatoms. The monoisotopic (exact) mass is 530 g/mol. The molecular formula is C28H35ClN2O6. The number of anilines is 1. The zero-order valence-corrected chi connectivity index (χ0v) is 22.8. The van der Waals surface area contributed by atoms with Crippen LogP contribution in [0.4, 0.5) is 5.69 Å².